The lowest BCUT2D eigenvalue weighted by molar-refractivity contribution is -0.146. The van der Waals surface area contributed by atoms with Crippen LogP contribution >= 0.6 is 34.8 Å². The van der Waals surface area contributed by atoms with E-state index in [1.54, 1.807) is 4.31 Å². The van der Waals surface area contributed by atoms with Gasteiger partial charge in [0.2, 0.25) is 10.0 Å². The SMILES string of the molecule is CC1(C)CN(c2cc(Cl)cc3[nH]ccc23)CCN1S(N)(=O)=O.COC(=O)C1CCN(c2cc(Cl)cc3[nH]ccc23)CC1.COCCS(=O)(=O)N1CCC(c2cc(Cl)cc3[nH]ccc23)CC1. The Hall–Kier alpha value is -4.04. The van der Waals surface area contributed by atoms with Gasteiger partial charge in [0.1, 0.15) is 0 Å². The molecular formula is C45H57Cl3N8O7S2. The number of carbonyl (C=O) groups excluding carboxylic acids is 1. The Morgan fingerprint density at radius 2 is 1.22 bits per heavy atom. The number of nitrogens with two attached hydrogens (primary N) is 1. The van der Waals surface area contributed by atoms with E-state index in [0.29, 0.717) is 48.7 Å². The molecule has 352 valence electrons. The molecule has 6 heterocycles. The molecule has 0 radical (unpaired) electrons. The van der Waals surface area contributed by atoms with E-state index in [1.165, 1.54) is 34.9 Å². The van der Waals surface area contributed by atoms with Gasteiger partial charge in [-0.2, -0.15) is 12.7 Å². The Bertz CT molecular complexity index is 2830. The molecule has 6 aromatic rings. The van der Waals surface area contributed by atoms with Crippen LogP contribution in [0.5, 0.6) is 0 Å². The van der Waals surface area contributed by atoms with E-state index in [9.17, 15) is 21.6 Å². The predicted molar refractivity (Wildman–Crippen MR) is 262 cm³/mol. The van der Waals surface area contributed by atoms with Gasteiger partial charge in [-0.15, -0.1) is 0 Å². The average molecular weight is 992 g/mol. The summed E-state index contributed by atoms with van der Waals surface area (Å²) >= 11 is 18.6. The second kappa shape index (κ2) is 20.4. The van der Waals surface area contributed by atoms with E-state index in [2.05, 4.69) is 36.9 Å². The van der Waals surface area contributed by atoms with Gasteiger partial charge in [-0.25, -0.2) is 17.9 Å². The summed E-state index contributed by atoms with van der Waals surface area (Å²) in [6.07, 6.45) is 8.98. The van der Waals surface area contributed by atoms with Crippen LogP contribution in [-0.2, 0) is 34.5 Å². The third-order valence-corrected chi connectivity index (χ3v) is 16.3. The van der Waals surface area contributed by atoms with Crippen molar-refractivity contribution in [3.63, 3.8) is 0 Å². The van der Waals surface area contributed by atoms with Crippen LogP contribution in [0, 0.1) is 5.92 Å². The van der Waals surface area contributed by atoms with E-state index in [0.717, 1.165) is 77.1 Å². The molecular weight excluding hydrogens is 935 g/mol. The lowest BCUT2D eigenvalue weighted by atomic mass is 9.88. The number of piperidine rings is 2. The van der Waals surface area contributed by atoms with Crippen LogP contribution in [0.4, 0.5) is 11.4 Å². The second-order valence-electron chi connectivity index (χ2n) is 17.3. The first-order valence-electron chi connectivity index (χ1n) is 21.5. The highest BCUT2D eigenvalue weighted by molar-refractivity contribution is 7.89. The number of hydrogen-bond acceptors (Lipinski definition) is 9. The summed E-state index contributed by atoms with van der Waals surface area (Å²) < 4.78 is 60.6. The van der Waals surface area contributed by atoms with Gasteiger partial charge < -0.3 is 34.2 Å². The predicted octanol–water partition coefficient (Wildman–Crippen LogP) is 8.11. The standard InChI is InChI=1S/C16H21ClN2O3S.C15H17ClN2O2.C14H19ClN4O2S/c1-22-8-9-23(20,21)19-6-3-12(4-7-19)15-10-13(17)11-16-14(15)2-5-18-16;1-20-15(19)10-3-6-18(7-4-10)14-9-11(16)8-13-12(14)2-5-17-13;1-14(2)9-18(5-6-19(14)22(16,20)21)13-8-10(15)7-12-11(13)3-4-17-12/h2,5,10-12,18H,3-4,6-9H2,1H3;2,5,8-10,17H,3-4,6-7H2,1H3;3-4,7-8,17H,5-6,9H2,1-2H3,(H2,16,20,21). The van der Waals surface area contributed by atoms with Crippen molar-refractivity contribution in [3.05, 3.63) is 93.8 Å². The van der Waals surface area contributed by atoms with Crippen LogP contribution in [-0.4, -0.2) is 124 Å². The third-order valence-electron chi connectivity index (χ3n) is 12.6. The van der Waals surface area contributed by atoms with Gasteiger partial charge in [0, 0.05) is 136 Å². The van der Waals surface area contributed by atoms with Crippen molar-refractivity contribution in [1.29, 1.82) is 0 Å². The van der Waals surface area contributed by atoms with Gasteiger partial charge in [-0.3, -0.25) is 4.79 Å². The largest absolute Gasteiger partial charge is 0.469 e. The minimum Gasteiger partial charge on any atom is -0.469 e. The number of halogens is 3. The Morgan fingerprint density at radius 3 is 1.72 bits per heavy atom. The molecule has 0 amide bonds. The van der Waals surface area contributed by atoms with Crippen LogP contribution in [0.3, 0.4) is 0 Å². The Balaban J connectivity index is 0.000000146. The summed E-state index contributed by atoms with van der Waals surface area (Å²) in [6.45, 7) is 8.26. The Labute approximate surface area is 395 Å². The highest BCUT2D eigenvalue weighted by Crippen LogP contribution is 2.37. The molecule has 0 aliphatic carbocycles. The molecule has 3 saturated heterocycles. The number of ether oxygens (including phenoxy) is 2. The first-order valence-corrected chi connectivity index (χ1v) is 25.8. The first-order chi connectivity index (χ1) is 30.9. The zero-order valence-corrected chi connectivity index (χ0v) is 40.9. The van der Waals surface area contributed by atoms with Gasteiger partial charge in [-0.1, -0.05) is 34.8 Å². The van der Waals surface area contributed by atoms with Crippen LogP contribution in [0.15, 0.2) is 73.2 Å². The van der Waals surface area contributed by atoms with Gasteiger partial charge in [0.15, 0.2) is 0 Å². The second-order valence-corrected chi connectivity index (χ2v) is 22.1. The lowest BCUT2D eigenvalue weighted by Gasteiger charge is -2.46. The summed E-state index contributed by atoms with van der Waals surface area (Å²) in [5, 5.41) is 10.8. The number of carbonyl (C=O) groups is 1. The van der Waals surface area contributed by atoms with Crippen molar-refractivity contribution < 1.29 is 31.1 Å². The normalized spacial score (nSPS) is 18.1. The third kappa shape index (κ3) is 11.4. The molecule has 3 aromatic heterocycles. The number of anilines is 2. The van der Waals surface area contributed by atoms with Gasteiger partial charge in [0.25, 0.3) is 10.2 Å². The maximum atomic E-state index is 12.2. The number of benzene rings is 3. The fourth-order valence-corrected chi connectivity index (χ4v) is 12.5. The molecule has 65 heavy (non-hydrogen) atoms. The zero-order valence-electron chi connectivity index (χ0n) is 36.9. The number of nitrogens with one attached hydrogen (secondary N) is 3. The number of fused-ring (bicyclic) bond motifs is 3. The minimum atomic E-state index is -3.70. The van der Waals surface area contributed by atoms with E-state index >= 15 is 0 Å². The molecule has 3 fully saturated rings. The van der Waals surface area contributed by atoms with Crippen molar-refractivity contribution in [2.45, 2.75) is 51.0 Å². The smallest absolute Gasteiger partial charge is 0.308 e. The molecule has 5 N–H and O–H groups in total. The lowest BCUT2D eigenvalue weighted by Crippen LogP contribution is -2.62. The van der Waals surface area contributed by atoms with E-state index < -0.39 is 25.8 Å². The number of aromatic amines is 3. The highest BCUT2D eigenvalue weighted by atomic mass is 35.5. The Morgan fingerprint density at radius 1 is 0.708 bits per heavy atom. The molecule has 0 spiro atoms. The number of H-pyrrole nitrogens is 3. The molecule has 0 bridgehead atoms. The van der Waals surface area contributed by atoms with Crippen LogP contribution in [0.25, 0.3) is 32.7 Å². The van der Waals surface area contributed by atoms with E-state index in [4.69, 9.17) is 49.4 Å². The van der Waals surface area contributed by atoms with Crippen LogP contribution < -0.4 is 14.9 Å². The van der Waals surface area contributed by atoms with Crippen molar-refractivity contribution in [3.8, 4) is 0 Å². The minimum absolute atomic E-state index is 0.0251. The summed E-state index contributed by atoms with van der Waals surface area (Å²) in [7, 11) is -3.95. The molecule has 3 aliphatic heterocycles. The molecule has 3 aromatic carbocycles. The molecule has 20 heteroatoms. The summed E-state index contributed by atoms with van der Waals surface area (Å²) in [6, 6.07) is 17.8. The number of esters is 1. The maximum absolute atomic E-state index is 12.2. The summed E-state index contributed by atoms with van der Waals surface area (Å²) in [5.74, 6) is 0.313. The van der Waals surface area contributed by atoms with E-state index in [1.807, 2.05) is 74.9 Å². The van der Waals surface area contributed by atoms with Crippen molar-refractivity contribution in [1.82, 2.24) is 23.6 Å². The molecule has 15 nitrogen and oxygen atoms in total. The monoisotopic (exact) mass is 990 g/mol. The van der Waals surface area contributed by atoms with E-state index in [-0.39, 0.29) is 24.2 Å². The molecule has 0 saturated carbocycles. The molecule has 3 aliphatic rings. The van der Waals surface area contributed by atoms with Crippen molar-refractivity contribution in [2.75, 3.05) is 82.2 Å². The number of hydrogen-bond donors (Lipinski definition) is 4. The fraction of sp³-hybridized carbons (Fsp3) is 0.444. The fourth-order valence-electron chi connectivity index (χ4n) is 9.35. The van der Waals surface area contributed by atoms with Crippen molar-refractivity contribution in [2.24, 2.45) is 11.1 Å². The molecule has 0 unspecified atom stereocenters. The average Bonchev–Trinajstić information content (AvgIpc) is 4.06. The van der Waals surface area contributed by atoms with Gasteiger partial charge >= 0.3 is 5.97 Å². The highest BCUT2D eigenvalue weighted by Gasteiger charge is 2.40. The van der Waals surface area contributed by atoms with Crippen LogP contribution in [0.2, 0.25) is 15.1 Å². The van der Waals surface area contributed by atoms with Gasteiger partial charge in [-0.05, 0) is 106 Å². The Kier molecular flexibility index (Phi) is 15.4. The number of piperazine rings is 1. The first kappa shape index (κ1) is 48.9. The quantitative estimate of drug-likeness (QED) is 0.104. The molecule has 0 atom stereocenters. The number of rotatable bonds is 9. The number of aromatic nitrogens is 3. The van der Waals surface area contributed by atoms with Crippen LogP contribution in [0.1, 0.15) is 51.0 Å². The summed E-state index contributed by atoms with van der Waals surface area (Å²) in [5.41, 5.74) is 5.81. The molecule has 9 rings (SSSR count). The van der Waals surface area contributed by atoms with Gasteiger partial charge in [0.05, 0.1) is 25.4 Å². The zero-order chi connectivity index (χ0) is 46.7. The maximum Gasteiger partial charge on any atom is 0.308 e. The number of nitrogens with zero attached hydrogens (tertiary/aromatic N) is 4. The summed E-state index contributed by atoms with van der Waals surface area (Å²) in [4.78, 5) is 25.6. The number of methoxy groups -OCH3 is 2. The topological polar surface area (TPSA) is 190 Å². The number of sulfonamides is 1. The van der Waals surface area contributed by atoms with Crippen molar-refractivity contribution >= 4 is 105 Å².